The van der Waals surface area contributed by atoms with E-state index in [4.69, 9.17) is 4.74 Å². The number of carbonyl (C=O) groups is 1. The van der Waals surface area contributed by atoms with E-state index in [2.05, 4.69) is 17.6 Å². The third kappa shape index (κ3) is 6.68. The third-order valence-electron chi connectivity index (χ3n) is 3.82. The first-order chi connectivity index (χ1) is 9.52. The van der Waals surface area contributed by atoms with Crippen LogP contribution in [0.5, 0.6) is 0 Å². The Balaban J connectivity index is 2.13. The summed E-state index contributed by atoms with van der Waals surface area (Å²) in [6.45, 7) is 7.27. The number of aliphatic hydroxyl groups is 1. The van der Waals surface area contributed by atoms with Crippen molar-refractivity contribution < 1.29 is 14.6 Å². The van der Waals surface area contributed by atoms with Crippen LogP contribution < -0.4 is 10.6 Å². The number of ether oxygens (including phenoxy) is 1. The van der Waals surface area contributed by atoms with Crippen molar-refractivity contribution in [1.82, 2.24) is 10.6 Å². The molecule has 0 aromatic carbocycles. The SMILES string of the molecule is CCNC(=O)C(C)NCC(O)COC1CCCC(C)C1. The fourth-order valence-corrected chi connectivity index (χ4v) is 2.57. The quantitative estimate of drug-likeness (QED) is 0.624. The first-order valence-electron chi connectivity index (χ1n) is 7.83. The monoisotopic (exact) mass is 286 g/mol. The second kappa shape index (κ2) is 9.32. The van der Waals surface area contributed by atoms with Crippen LogP contribution in [0.2, 0.25) is 0 Å². The van der Waals surface area contributed by atoms with Gasteiger partial charge in [0.05, 0.1) is 24.9 Å². The zero-order valence-corrected chi connectivity index (χ0v) is 13.0. The minimum atomic E-state index is -0.566. The largest absolute Gasteiger partial charge is 0.389 e. The van der Waals surface area contributed by atoms with Gasteiger partial charge in [-0.25, -0.2) is 0 Å². The van der Waals surface area contributed by atoms with Crippen molar-refractivity contribution in [2.24, 2.45) is 5.92 Å². The molecule has 0 spiro atoms. The Morgan fingerprint density at radius 2 is 2.20 bits per heavy atom. The van der Waals surface area contributed by atoms with E-state index in [1.54, 1.807) is 6.92 Å². The predicted molar refractivity (Wildman–Crippen MR) is 79.5 cm³/mol. The molecule has 0 saturated heterocycles. The van der Waals surface area contributed by atoms with Gasteiger partial charge in [0.2, 0.25) is 5.91 Å². The molecule has 118 valence electrons. The Hall–Kier alpha value is -0.650. The molecule has 0 bridgehead atoms. The van der Waals surface area contributed by atoms with Crippen molar-refractivity contribution in [2.45, 2.75) is 64.7 Å². The molecule has 5 heteroatoms. The molecule has 4 atom stereocenters. The molecule has 0 radical (unpaired) electrons. The Morgan fingerprint density at radius 1 is 1.45 bits per heavy atom. The average Bonchev–Trinajstić information content (AvgIpc) is 2.42. The molecule has 0 aromatic heterocycles. The maximum absolute atomic E-state index is 11.5. The van der Waals surface area contributed by atoms with Gasteiger partial charge in [0.1, 0.15) is 0 Å². The van der Waals surface area contributed by atoms with Crippen molar-refractivity contribution in [3.05, 3.63) is 0 Å². The topological polar surface area (TPSA) is 70.6 Å². The number of amides is 1. The normalized spacial score (nSPS) is 26.0. The van der Waals surface area contributed by atoms with E-state index in [0.717, 1.165) is 18.8 Å². The van der Waals surface area contributed by atoms with E-state index in [0.29, 0.717) is 19.7 Å². The van der Waals surface area contributed by atoms with Gasteiger partial charge < -0.3 is 20.5 Å². The van der Waals surface area contributed by atoms with Gasteiger partial charge in [0.15, 0.2) is 0 Å². The Kier molecular flexibility index (Phi) is 8.11. The smallest absolute Gasteiger partial charge is 0.236 e. The molecule has 0 aromatic rings. The van der Waals surface area contributed by atoms with E-state index in [-0.39, 0.29) is 18.1 Å². The highest BCUT2D eigenvalue weighted by atomic mass is 16.5. The Bertz CT molecular complexity index is 286. The van der Waals surface area contributed by atoms with Crippen molar-refractivity contribution in [1.29, 1.82) is 0 Å². The molecule has 5 nitrogen and oxygen atoms in total. The van der Waals surface area contributed by atoms with Crippen LogP contribution in [0.4, 0.5) is 0 Å². The number of aliphatic hydroxyl groups excluding tert-OH is 1. The lowest BCUT2D eigenvalue weighted by atomic mass is 9.89. The molecule has 1 saturated carbocycles. The lowest BCUT2D eigenvalue weighted by Crippen LogP contribution is -2.45. The number of carbonyl (C=O) groups excluding carboxylic acids is 1. The molecule has 1 aliphatic carbocycles. The zero-order valence-electron chi connectivity index (χ0n) is 13.0. The summed E-state index contributed by atoms with van der Waals surface area (Å²) in [4.78, 5) is 11.5. The summed E-state index contributed by atoms with van der Waals surface area (Å²) < 4.78 is 5.76. The molecule has 0 aliphatic heterocycles. The van der Waals surface area contributed by atoms with Gasteiger partial charge >= 0.3 is 0 Å². The molecule has 0 heterocycles. The highest BCUT2D eigenvalue weighted by Gasteiger charge is 2.20. The van der Waals surface area contributed by atoms with Crippen LogP contribution in [-0.4, -0.2) is 49.0 Å². The van der Waals surface area contributed by atoms with E-state index in [1.807, 2.05) is 6.92 Å². The molecular formula is C15H30N2O3. The molecule has 1 fully saturated rings. The standard InChI is InChI=1S/C15H30N2O3/c1-4-16-15(19)12(3)17-9-13(18)10-20-14-7-5-6-11(2)8-14/h11-14,17-18H,4-10H2,1-3H3,(H,16,19). The third-order valence-corrected chi connectivity index (χ3v) is 3.82. The van der Waals surface area contributed by atoms with E-state index in [9.17, 15) is 9.90 Å². The van der Waals surface area contributed by atoms with Gasteiger partial charge in [-0.3, -0.25) is 4.79 Å². The predicted octanol–water partition coefficient (Wildman–Crippen LogP) is 1.06. The van der Waals surface area contributed by atoms with Gasteiger partial charge in [0.25, 0.3) is 0 Å². The molecule has 20 heavy (non-hydrogen) atoms. The minimum Gasteiger partial charge on any atom is -0.389 e. The summed E-state index contributed by atoms with van der Waals surface area (Å²) in [6, 6.07) is -0.292. The van der Waals surface area contributed by atoms with Crippen LogP contribution in [0.25, 0.3) is 0 Å². The number of rotatable bonds is 8. The molecule has 4 unspecified atom stereocenters. The van der Waals surface area contributed by atoms with Crippen molar-refractivity contribution in [2.75, 3.05) is 19.7 Å². The fraction of sp³-hybridized carbons (Fsp3) is 0.933. The number of hydrogen-bond donors (Lipinski definition) is 3. The van der Waals surface area contributed by atoms with E-state index in [1.165, 1.54) is 12.8 Å². The van der Waals surface area contributed by atoms with Crippen LogP contribution in [0.1, 0.15) is 46.5 Å². The molecule has 1 rings (SSSR count). The van der Waals surface area contributed by atoms with Crippen LogP contribution in [0, 0.1) is 5.92 Å². The summed E-state index contributed by atoms with van der Waals surface area (Å²) in [5, 5.41) is 15.7. The fourth-order valence-electron chi connectivity index (χ4n) is 2.57. The molecular weight excluding hydrogens is 256 g/mol. The summed E-state index contributed by atoms with van der Waals surface area (Å²) in [5.41, 5.74) is 0. The summed E-state index contributed by atoms with van der Waals surface area (Å²) >= 11 is 0. The van der Waals surface area contributed by atoms with Gasteiger partial charge in [-0.05, 0) is 32.6 Å². The van der Waals surface area contributed by atoms with Crippen molar-refractivity contribution in [3.8, 4) is 0 Å². The van der Waals surface area contributed by atoms with Crippen LogP contribution in [0.15, 0.2) is 0 Å². The Morgan fingerprint density at radius 3 is 2.85 bits per heavy atom. The summed E-state index contributed by atoms with van der Waals surface area (Å²) in [5.74, 6) is 0.684. The summed E-state index contributed by atoms with van der Waals surface area (Å²) in [6.07, 6.45) is 4.41. The number of likely N-dealkylation sites (N-methyl/N-ethyl adjacent to an activating group) is 1. The minimum absolute atomic E-state index is 0.0401. The maximum Gasteiger partial charge on any atom is 0.236 e. The highest BCUT2D eigenvalue weighted by Crippen LogP contribution is 2.25. The second-order valence-electron chi connectivity index (χ2n) is 5.91. The van der Waals surface area contributed by atoms with E-state index < -0.39 is 6.10 Å². The first-order valence-corrected chi connectivity index (χ1v) is 7.83. The van der Waals surface area contributed by atoms with Crippen LogP contribution >= 0.6 is 0 Å². The van der Waals surface area contributed by atoms with Crippen LogP contribution in [0.3, 0.4) is 0 Å². The Labute approximate surface area is 122 Å². The van der Waals surface area contributed by atoms with Crippen molar-refractivity contribution >= 4 is 5.91 Å². The van der Waals surface area contributed by atoms with Gasteiger partial charge in [0, 0.05) is 13.1 Å². The lowest BCUT2D eigenvalue weighted by Gasteiger charge is -2.27. The molecule has 1 amide bonds. The number of nitrogens with one attached hydrogen (secondary N) is 2. The van der Waals surface area contributed by atoms with Crippen LogP contribution in [-0.2, 0) is 9.53 Å². The van der Waals surface area contributed by atoms with Gasteiger partial charge in [-0.15, -0.1) is 0 Å². The van der Waals surface area contributed by atoms with E-state index >= 15 is 0 Å². The summed E-state index contributed by atoms with van der Waals surface area (Å²) in [7, 11) is 0. The van der Waals surface area contributed by atoms with Crippen molar-refractivity contribution in [3.63, 3.8) is 0 Å². The average molecular weight is 286 g/mol. The first kappa shape index (κ1) is 17.4. The molecule has 1 aliphatic rings. The number of hydrogen-bond acceptors (Lipinski definition) is 4. The van der Waals surface area contributed by atoms with Gasteiger partial charge in [-0.1, -0.05) is 19.8 Å². The highest BCUT2D eigenvalue weighted by molar-refractivity contribution is 5.81. The maximum atomic E-state index is 11.5. The second-order valence-corrected chi connectivity index (χ2v) is 5.91. The van der Waals surface area contributed by atoms with Gasteiger partial charge in [-0.2, -0.15) is 0 Å². The zero-order chi connectivity index (χ0) is 15.0. The lowest BCUT2D eigenvalue weighted by molar-refractivity contribution is -0.122. The molecule has 3 N–H and O–H groups in total.